The van der Waals surface area contributed by atoms with Crippen molar-refractivity contribution in [1.82, 2.24) is 29.4 Å². The van der Waals surface area contributed by atoms with Crippen molar-refractivity contribution < 1.29 is 0 Å². The van der Waals surface area contributed by atoms with Gasteiger partial charge in [-0.3, -0.25) is 4.68 Å². The molecule has 4 heterocycles. The molecule has 0 N–H and O–H groups in total. The van der Waals surface area contributed by atoms with Gasteiger partial charge in [-0.1, -0.05) is 13.3 Å². The second kappa shape index (κ2) is 6.59. The van der Waals surface area contributed by atoms with Crippen LogP contribution in [0.15, 0.2) is 30.9 Å². The summed E-state index contributed by atoms with van der Waals surface area (Å²) < 4.78 is 3.90. The number of anilines is 1. The molecule has 3 aromatic rings. The summed E-state index contributed by atoms with van der Waals surface area (Å²) in [6.45, 7) is 4.11. The molecule has 3 aromatic heterocycles. The maximum absolute atomic E-state index is 4.63. The number of fused-ring (bicyclic) bond motifs is 1. The Morgan fingerprint density at radius 2 is 2.21 bits per heavy atom. The van der Waals surface area contributed by atoms with Crippen LogP contribution in [0.25, 0.3) is 5.78 Å². The molecule has 0 bridgehead atoms. The summed E-state index contributed by atoms with van der Waals surface area (Å²) in [4.78, 5) is 11.4. The second-order valence-corrected chi connectivity index (χ2v) is 6.40. The van der Waals surface area contributed by atoms with Crippen molar-refractivity contribution in [2.75, 3.05) is 11.4 Å². The van der Waals surface area contributed by atoms with Gasteiger partial charge in [-0.25, -0.2) is 4.98 Å². The average Bonchev–Trinajstić information content (AvgIpc) is 3.26. The van der Waals surface area contributed by atoms with Gasteiger partial charge in [-0.15, -0.1) is 0 Å². The molecule has 1 atom stereocenters. The molecule has 0 radical (unpaired) electrons. The Bertz CT molecular complexity index is 792. The van der Waals surface area contributed by atoms with Crippen molar-refractivity contribution in [3.05, 3.63) is 36.5 Å². The highest BCUT2D eigenvalue weighted by molar-refractivity contribution is 5.48. The third-order valence-corrected chi connectivity index (χ3v) is 4.67. The van der Waals surface area contributed by atoms with E-state index >= 15 is 0 Å². The highest BCUT2D eigenvalue weighted by atomic mass is 15.4. The molecule has 0 unspecified atom stereocenters. The molecule has 4 rings (SSSR count). The quantitative estimate of drug-likeness (QED) is 0.720. The zero-order chi connectivity index (χ0) is 16.4. The van der Waals surface area contributed by atoms with E-state index < -0.39 is 0 Å². The van der Waals surface area contributed by atoms with E-state index in [4.69, 9.17) is 0 Å². The standard InChI is InChI=1S/C17H23N7/c1-2-6-14-11-16(24-17(21-14)18-13-20-24)23-10-4-3-7-15(23)12-22-9-5-8-19-22/h5,8-9,11,13,15H,2-4,6-7,10,12H2,1H3/t15-/m0/s1. The molecule has 24 heavy (non-hydrogen) atoms. The van der Waals surface area contributed by atoms with Crippen LogP contribution in [-0.4, -0.2) is 41.9 Å². The number of aryl methyl sites for hydroxylation is 1. The zero-order valence-corrected chi connectivity index (χ0v) is 14.0. The summed E-state index contributed by atoms with van der Waals surface area (Å²) in [5.41, 5.74) is 1.09. The highest BCUT2D eigenvalue weighted by Gasteiger charge is 2.26. The van der Waals surface area contributed by atoms with Crippen LogP contribution in [-0.2, 0) is 13.0 Å². The lowest BCUT2D eigenvalue weighted by molar-refractivity contribution is 0.394. The van der Waals surface area contributed by atoms with Crippen LogP contribution in [0, 0.1) is 0 Å². The summed E-state index contributed by atoms with van der Waals surface area (Å²) in [6, 6.07) is 4.59. The molecule has 0 amide bonds. The Kier molecular flexibility index (Phi) is 4.15. The molecule has 7 heteroatoms. The van der Waals surface area contributed by atoms with Gasteiger partial charge in [0.1, 0.15) is 12.1 Å². The van der Waals surface area contributed by atoms with Gasteiger partial charge in [0.25, 0.3) is 5.78 Å². The molecular formula is C17H23N7. The highest BCUT2D eigenvalue weighted by Crippen LogP contribution is 2.26. The van der Waals surface area contributed by atoms with Crippen molar-refractivity contribution >= 4 is 11.6 Å². The number of hydrogen-bond donors (Lipinski definition) is 0. The van der Waals surface area contributed by atoms with Crippen molar-refractivity contribution in [2.24, 2.45) is 0 Å². The van der Waals surface area contributed by atoms with E-state index in [9.17, 15) is 0 Å². The molecule has 0 aromatic carbocycles. The lowest BCUT2D eigenvalue weighted by atomic mass is 10.0. The first kappa shape index (κ1) is 15.1. The molecular weight excluding hydrogens is 302 g/mol. The normalized spacial score (nSPS) is 18.4. The predicted octanol–water partition coefficient (Wildman–Crippen LogP) is 2.33. The number of rotatable bonds is 5. The van der Waals surface area contributed by atoms with Gasteiger partial charge in [-0.05, 0) is 31.7 Å². The molecule has 0 aliphatic carbocycles. The minimum atomic E-state index is 0.419. The van der Waals surface area contributed by atoms with Crippen LogP contribution in [0.4, 0.5) is 5.82 Å². The van der Waals surface area contributed by atoms with Gasteiger partial charge < -0.3 is 4.90 Å². The largest absolute Gasteiger partial charge is 0.352 e. The molecule has 0 spiro atoms. The van der Waals surface area contributed by atoms with Gasteiger partial charge in [0, 0.05) is 36.7 Å². The fourth-order valence-corrected chi connectivity index (χ4v) is 3.55. The Balaban J connectivity index is 1.71. The maximum Gasteiger partial charge on any atom is 0.254 e. The Hall–Kier alpha value is -2.44. The van der Waals surface area contributed by atoms with Gasteiger partial charge in [0.05, 0.1) is 6.54 Å². The van der Waals surface area contributed by atoms with Crippen molar-refractivity contribution in [3.63, 3.8) is 0 Å². The smallest absolute Gasteiger partial charge is 0.254 e. The number of aromatic nitrogens is 6. The second-order valence-electron chi connectivity index (χ2n) is 6.40. The van der Waals surface area contributed by atoms with E-state index in [0.717, 1.165) is 37.4 Å². The molecule has 7 nitrogen and oxygen atoms in total. The lowest BCUT2D eigenvalue weighted by Gasteiger charge is -2.37. The Morgan fingerprint density at radius 1 is 1.25 bits per heavy atom. The van der Waals surface area contributed by atoms with E-state index in [1.54, 1.807) is 6.33 Å². The summed E-state index contributed by atoms with van der Waals surface area (Å²) in [5.74, 6) is 1.80. The summed E-state index contributed by atoms with van der Waals surface area (Å²) >= 11 is 0. The van der Waals surface area contributed by atoms with E-state index in [1.807, 2.05) is 27.7 Å². The summed E-state index contributed by atoms with van der Waals surface area (Å²) in [5, 5.41) is 8.79. The fraction of sp³-hybridized carbons (Fsp3) is 0.529. The van der Waals surface area contributed by atoms with Gasteiger partial charge in [0.2, 0.25) is 0 Å². The van der Waals surface area contributed by atoms with E-state index in [1.165, 1.54) is 19.3 Å². The third kappa shape index (κ3) is 2.86. The van der Waals surface area contributed by atoms with E-state index in [2.05, 4.69) is 38.1 Å². The third-order valence-electron chi connectivity index (χ3n) is 4.67. The van der Waals surface area contributed by atoms with Crippen LogP contribution < -0.4 is 4.90 Å². The molecule has 1 aliphatic rings. The van der Waals surface area contributed by atoms with E-state index in [0.29, 0.717) is 11.8 Å². The van der Waals surface area contributed by atoms with Crippen LogP contribution >= 0.6 is 0 Å². The predicted molar refractivity (Wildman–Crippen MR) is 92.0 cm³/mol. The van der Waals surface area contributed by atoms with Crippen LogP contribution in [0.5, 0.6) is 0 Å². The minimum Gasteiger partial charge on any atom is -0.352 e. The van der Waals surface area contributed by atoms with E-state index in [-0.39, 0.29) is 0 Å². The summed E-state index contributed by atoms with van der Waals surface area (Å²) in [7, 11) is 0. The number of nitrogens with zero attached hydrogens (tertiary/aromatic N) is 7. The van der Waals surface area contributed by atoms with Crippen LogP contribution in [0.2, 0.25) is 0 Å². The lowest BCUT2D eigenvalue weighted by Crippen LogP contribution is -2.43. The first-order valence-corrected chi connectivity index (χ1v) is 8.79. The minimum absolute atomic E-state index is 0.419. The van der Waals surface area contributed by atoms with Gasteiger partial charge in [-0.2, -0.15) is 19.7 Å². The van der Waals surface area contributed by atoms with Gasteiger partial charge in [0.15, 0.2) is 0 Å². The molecule has 1 fully saturated rings. The number of piperidine rings is 1. The van der Waals surface area contributed by atoms with Crippen LogP contribution in [0.3, 0.4) is 0 Å². The summed E-state index contributed by atoms with van der Waals surface area (Å²) in [6.07, 6.45) is 11.1. The maximum atomic E-state index is 4.63. The average molecular weight is 325 g/mol. The topological polar surface area (TPSA) is 64.1 Å². The molecule has 126 valence electrons. The molecule has 1 saturated heterocycles. The van der Waals surface area contributed by atoms with Crippen molar-refractivity contribution in [3.8, 4) is 0 Å². The van der Waals surface area contributed by atoms with Crippen molar-refractivity contribution in [2.45, 2.75) is 51.6 Å². The zero-order valence-electron chi connectivity index (χ0n) is 14.0. The number of hydrogen-bond acceptors (Lipinski definition) is 5. The van der Waals surface area contributed by atoms with Gasteiger partial charge >= 0.3 is 0 Å². The SMILES string of the molecule is CCCc1cc(N2CCCC[C@H]2Cn2cccn2)n2ncnc2n1. The fourth-order valence-electron chi connectivity index (χ4n) is 3.55. The first-order valence-electron chi connectivity index (χ1n) is 8.79. The molecule has 0 saturated carbocycles. The Morgan fingerprint density at radius 3 is 3.04 bits per heavy atom. The molecule has 1 aliphatic heterocycles. The van der Waals surface area contributed by atoms with Crippen molar-refractivity contribution in [1.29, 1.82) is 0 Å². The first-order chi connectivity index (χ1) is 11.8. The monoisotopic (exact) mass is 325 g/mol. The van der Waals surface area contributed by atoms with Crippen LogP contribution in [0.1, 0.15) is 38.3 Å². The Labute approximate surface area is 141 Å².